The molecule has 0 spiro atoms. The molecule has 1 aromatic carbocycles. The van der Waals surface area contributed by atoms with Crippen LogP contribution in [0, 0.1) is 13.8 Å². The van der Waals surface area contributed by atoms with Gasteiger partial charge in [-0.1, -0.05) is 19.9 Å². The molecule has 0 aliphatic carbocycles. The Morgan fingerprint density at radius 2 is 1.82 bits per heavy atom. The molecule has 28 heavy (non-hydrogen) atoms. The predicted octanol–water partition coefficient (Wildman–Crippen LogP) is 2.70. The summed E-state index contributed by atoms with van der Waals surface area (Å²) in [6.45, 7) is 9.87. The Labute approximate surface area is 168 Å². The van der Waals surface area contributed by atoms with Gasteiger partial charge < -0.3 is 20.1 Å². The maximum absolute atomic E-state index is 5.44. The van der Waals surface area contributed by atoms with Gasteiger partial charge in [0.1, 0.15) is 0 Å². The highest BCUT2D eigenvalue weighted by atomic mass is 16.5. The van der Waals surface area contributed by atoms with Gasteiger partial charge >= 0.3 is 0 Å². The number of nitrogens with one attached hydrogen (secondary N) is 2. The smallest absolute Gasteiger partial charge is 0.191 e. The Bertz CT molecular complexity index is 840. The Morgan fingerprint density at radius 1 is 1.14 bits per heavy atom. The number of rotatable bonds is 7. The fraction of sp³-hybridized carbons (Fsp3) is 0.524. The van der Waals surface area contributed by atoms with E-state index in [0.717, 1.165) is 34.4 Å². The SMILES string of the molecule is CN=C(NCc1c(C)nn(C)c1C)NCC(C)(C)c1ccc(OC)c(OC)c1. The number of guanidine groups is 1. The molecular weight excluding hydrogens is 354 g/mol. The monoisotopic (exact) mass is 387 g/mol. The molecule has 0 radical (unpaired) electrons. The Hall–Kier alpha value is -2.70. The summed E-state index contributed by atoms with van der Waals surface area (Å²) >= 11 is 0. The fourth-order valence-electron chi connectivity index (χ4n) is 3.13. The first-order valence-corrected chi connectivity index (χ1v) is 9.39. The average Bonchev–Trinajstić information content (AvgIpc) is 2.93. The maximum atomic E-state index is 5.44. The van der Waals surface area contributed by atoms with E-state index in [2.05, 4.69) is 47.6 Å². The molecule has 1 heterocycles. The van der Waals surface area contributed by atoms with Crippen LogP contribution in [0.1, 0.15) is 36.4 Å². The van der Waals surface area contributed by atoms with Crippen molar-refractivity contribution >= 4 is 5.96 Å². The van der Waals surface area contributed by atoms with E-state index < -0.39 is 0 Å². The molecule has 2 aromatic rings. The number of hydrogen-bond donors (Lipinski definition) is 2. The number of aromatic nitrogens is 2. The predicted molar refractivity (Wildman–Crippen MR) is 113 cm³/mol. The molecule has 0 bridgehead atoms. The quantitative estimate of drug-likeness (QED) is 0.565. The Balaban J connectivity index is 2.03. The molecule has 2 rings (SSSR count). The molecule has 154 valence electrons. The number of ether oxygens (including phenoxy) is 2. The summed E-state index contributed by atoms with van der Waals surface area (Å²) in [7, 11) is 7.04. The van der Waals surface area contributed by atoms with Crippen LogP contribution in [0.2, 0.25) is 0 Å². The number of hydrogen-bond acceptors (Lipinski definition) is 4. The minimum atomic E-state index is -0.128. The van der Waals surface area contributed by atoms with Gasteiger partial charge in [0.05, 0.1) is 19.9 Å². The maximum Gasteiger partial charge on any atom is 0.191 e. The molecule has 1 aromatic heterocycles. The minimum absolute atomic E-state index is 0.128. The average molecular weight is 388 g/mol. The molecule has 0 aliphatic heterocycles. The zero-order chi connectivity index (χ0) is 20.9. The van der Waals surface area contributed by atoms with E-state index in [9.17, 15) is 0 Å². The summed E-state index contributed by atoms with van der Waals surface area (Å²) in [5, 5.41) is 11.3. The third kappa shape index (κ3) is 4.77. The van der Waals surface area contributed by atoms with Crippen molar-refractivity contribution in [2.45, 2.75) is 39.7 Å². The summed E-state index contributed by atoms with van der Waals surface area (Å²) < 4.78 is 12.7. The number of aryl methyl sites for hydroxylation is 2. The van der Waals surface area contributed by atoms with Crippen molar-refractivity contribution in [3.63, 3.8) is 0 Å². The number of aliphatic imine (C=N–C) groups is 1. The first kappa shape index (κ1) is 21.6. The van der Waals surface area contributed by atoms with Gasteiger partial charge in [0, 0.05) is 43.9 Å². The fourth-order valence-corrected chi connectivity index (χ4v) is 3.13. The highest BCUT2D eigenvalue weighted by molar-refractivity contribution is 5.79. The van der Waals surface area contributed by atoms with Gasteiger partial charge in [0.25, 0.3) is 0 Å². The Kier molecular flexibility index (Phi) is 6.94. The topological polar surface area (TPSA) is 72.7 Å². The van der Waals surface area contributed by atoms with Crippen molar-refractivity contribution < 1.29 is 9.47 Å². The molecule has 7 heteroatoms. The first-order valence-electron chi connectivity index (χ1n) is 9.39. The standard InChI is InChI=1S/C21H33N5O2/c1-14-17(15(2)26(6)25-14)12-23-20(22-5)24-13-21(3,4)16-9-10-18(27-7)19(11-16)28-8/h9-11H,12-13H2,1-8H3,(H2,22,23,24). The van der Waals surface area contributed by atoms with E-state index in [1.54, 1.807) is 21.3 Å². The summed E-state index contributed by atoms with van der Waals surface area (Å²) in [6.07, 6.45) is 0. The van der Waals surface area contributed by atoms with Gasteiger partial charge in [0.2, 0.25) is 0 Å². The van der Waals surface area contributed by atoms with Crippen molar-refractivity contribution in [1.82, 2.24) is 20.4 Å². The second-order valence-electron chi connectivity index (χ2n) is 7.51. The lowest BCUT2D eigenvalue weighted by Gasteiger charge is -2.27. The highest BCUT2D eigenvalue weighted by Crippen LogP contribution is 2.32. The van der Waals surface area contributed by atoms with E-state index in [1.165, 1.54) is 5.56 Å². The molecule has 0 fully saturated rings. The summed E-state index contributed by atoms with van der Waals surface area (Å²) in [5.74, 6) is 2.23. The van der Waals surface area contributed by atoms with E-state index in [0.29, 0.717) is 13.1 Å². The second-order valence-corrected chi connectivity index (χ2v) is 7.51. The van der Waals surface area contributed by atoms with Gasteiger partial charge in [0.15, 0.2) is 17.5 Å². The van der Waals surface area contributed by atoms with Crippen LogP contribution in [0.3, 0.4) is 0 Å². The van der Waals surface area contributed by atoms with E-state index in [-0.39, 0.29) is 5.41 Å². The highest BCUT2D eigenvalue weighted by Gasteiger charge is 2.23. The van der Waals surface area contributed by atoms with Gasteiger partial charge in [-0.25, -0.2) is 0 Å². The minimum Gasteiger partial charge on any atom is -0.493 e. The number of nitrogens with zero attached hydrogens (tertiary/aromatic N) is 3. The number of benzene rings is 1. The van der Waals surface area contributed by atoms with Crippen LogP contribution in [0.4, 0.5) is 0 Å². The first-order chi connectivity index (χ1) is 13.2. The van der Waals surface area contributed by atoms with Crippen LogP contribution in [0.5, 0.6) is 11.5 Å². The molecule has 0 saturated carbocycles. The number of methoxy groups -OCH3 is 2. The molecule has 0 unspecified atom stereocenters. The van der Waals surface area contributed by atoms with Gasteiger partial charge in [-0.2, -0.15) is 5.10 Å². The summed E-state index contributed by atoms with van der Waals surface area (Å²) in [6, 6.07) is 6.04. The van der Waals surface area contributed by atoms with Crippen LogP contribution in [-0.4, -0.2) is 43.6 Å². The molecule has 0 saturated heterocycles. The zero-order valence-electron chi connectivity index (χ0n) is 18.3. The normalized spacial score (nSPS) is 12.1. The lowest BCUT2D eigenvalue weighted by molar-refractivity contribution is 0.353. The van der Waals surface area contributed by atoms with Gasteiger partial charge in [-0.15, -0.1) is 0 Å². The van der Waals surface area contributed by atoms with Crippen LogP contribution >= 0.6 is 0 Å². The van der Waals surface area contributed by atoms with E-state index in [4.69, 9.17) is 9.47 Å². The van der Waals surface area contributed by atoms with Crippen LogP contribution in [-0.2, 0) is 19.0 Å². The zero-order valence-corrected chi connectivity index (χ0v) is 18.3. The van der Waals surface area contributed by atoms with Crippen molar-refractivity contribution in [2.75, 3.05) is 27.8 Å². The molecule has 7 nitrogen and oxygen atoms in total. The molecule has 0 atom stereocenters. The van der Waals surface area contributed by atoms with E-state index >= 15 is 0 Å². The summed E-state index contributed by atoms with van der Waals surface area (Å²) in [4.78, 5) is 4.35. The van der Waals surface area contributed by atoms with E-state index in [1.807, 2.05) is 30.8 Å². The largest absolute Gasteiger partial charge is 0.493 e. The molecule has 0 aliphatic rings. The third-order valence-electron chi connectivity index (χ3n) is 5.18. The molecule has 0 amide bonds. The lowest BCUT2D eigenvalue weighted by atomic mass is 9.84. The van der Waals surface area contributed by atoms with Gasteiger partial charge in [-0.3, -0.25) is 9.67 Å². The van der Waals surface area contributed by atoms with Crippen molar-refractivity contribution in [3.8, 4) is 11.5 Å². The van der Waals surface area contributed by atoms with Crippen molar-refractivity contribution in [2.24, 2.45) is 12.0 Å². The third-order valence-corrected chi connectivity index (χ3v) is 5.18. The van der Waals surface area contributed by atoms with Crippen LogP contribution in [0.15, 0.2) is 23.2 Å². The van der Waals surface area contributed by atoms with Crippen LogP contribution < -0.4 is 20.1 Å². The van der Waals surface area contributed by atoms with Crippen molar-refractivity contribution in [1.29, 1.82) is 0 Å². The van der Waals surface area contributed by atoms with Crippen molar-refractivity contribution in [3.05, 3.63) is 40.7 Å². The van der Waals surface area contributed by atoms with Crippen LogP contribution in [0.25, 0.3) is 0 Å². The van der Waals surface area contributed by atoms with Gasteiger partial charge in [-0.05, 0) is 31.5 Å². The lowest BCUT2D eigenvalue weighted by Crippen LogP contribution is -2.43. The molecular formula is C21H33N5O2. The summed E-state index contributed by atoms with van der Waals surface area (Å²) in [5.41, 5.74) is 4.42. The Morgan fingerprint density at radius 3 is 2.36 bits per heavy atom. The molecule has 2 N–H and O–H groups in total. The second kappa shape index (κ2) is 8.99.